The highest BCUT2D eigenvalue weighted by molar-refractivity contribution is 5.95. The van der Waals surface area contributed by atoms with Gasteiger partial charge >= 0.3 is 11.9 Å². The van der Waals surface area contributed by atoms with Crippen molar-refractivity contribution in [1.29, 1.82) is 0 Å². The van der Waals surface area contributed by atoms with Gasteiger partial charge in [0.2, 0.25) is 5.82 Å². The van der Waals surface area contributed by atoms with Crippen molar-refractivity contribution in [3.8, 4) is 11.1 Å². The minimum atomic E-state index is -3.04. The first-order valence-electron chi connectivity index (χ1n) is 9.09. The van der Waals surface area contributed by atoms with E-state index in [1.165, 1.54) is 11.6 Å². The highest BCUT2D eigenvalue weighted by atomic mass is 19.3. The van der Waals surface area contributed by atoms with Crippen LogP contribution in [0, 0.1) is 0 Å². The molecule has 3 aromatic rings. The molecule has 2 aromatic carbocycles. The van der Waals surface area contributed by atoms with Gasteiger partial charge in [-0.3, -0.25) is 0 Å². The van der Waals surface area contributed by atoms with E-state index in [2.05, 4.69) is 10.1 Å². The van der Waals surface area contributed by atoms with Crippen LogP contribution in [0.25, 0.3) is 11.1 Å². The average molecular weight is 385 g/mol. The second kappa shape index (κ2) is 7.88. The van der Waals surface area contributed by atoms with Crippen molar-refractivity contribution in [3.05, 3.63) is 71.3 Å². The molecule has 5 nitrogen and oxygen atoms in total. The standard InChI is InChI=1S/C21H21F2N3O2/c1-3-21(22,23)20-24-18(26(4-2)25-20)13-14-9-11-15(12-10-14)16-7-5-6-8-17(16)19(27)28/h5-12H,3-4,13H2,1-2H3,(H,27,28). The smallest absolute Gasteiger partial charge is 0.336 e. The number of carboxylic acids is 1. The molecule has 0 saturated carbocycles. The molecule has 146 valence electrons. The number of aromatic nitrogens is 3. The molecule has 0 bridgehead atoms. The van der Waals surface area contributed by atoms with Gasteiger partial charge in [0, 0.05) is 19.4 Å². The minimum Gasteiger partial charge on any atom is -0.478 e. The second-order valence-corrected chi connectivity index (χ2v) is 6.45. The Hall–Kier alpha value is -3.09. The fraction of sp³-hybridized carbons (Fsp3) is 0.286. The van der Waals surface area contributed by atoms with E-state index in [4.69, 9.17) is 0 Å². The van der Waals surface area contributed by atoms with Gasteiger partial charge in [0.05, 0.1) is 5.56 Å². The summed E-state index contributed by atoms with van der Waals surface area (Å²) in [5, 5.41) is 13.3. The number of nitrogens with zero attached hydrogens (tertiary/aromatic N) is 3. The van der Waals surface area contributed by atoms with Gasteiger partial charge in [-0.15, -0.1) is 5.10 Å². The molecular weight excluding hydrogens is 364 g/mol. The van der Waals surface area contributed by atoms with E-state index < -0.39 is 17.7 Å². The summed E-state index contributed by atoms with van der Waals surface area (Å²) in [6.45, 7) is 3.68. The van der Waals surface area contributed by atoms with E-state index in [0.717, 1.165) is 11.1 Å². The van der Waals surface area contributed by atoms with E-state index >= 15 is 0 Å². The summed E-state index contributed by atoms with van der Waals surface area (Å²) in [7, 11) is 0. The van der Waals surface area contributed by atoms with Gasteiger partial charge in [0.25, 0.3) is 0 Å². The molecule has 0 saturated heterocycles. The van der Waals surface area contributed by atoms with Crippen LogP contribution < -0.4 is 0 Å². The van der Waals surface area contributed by atoms with E-state index in [0.29, 0.717) is 24.4 Å². The van der Waals surface area contributed by atoms with Gasteiger partial charge in [-0.25, -0.2) is 14.5 Å². The summed E-state index contributed by atoms with van der Waals surface area (Å²) in [4.78, 5) is 15.5. The van der Waals surface area contributed by atoms with Gasteiger partial charge in [-0.1, -0.05) is 49.4 Å². The van der Waals surface area contributed by atoms with Crippen LogP contribution in [0.3, 0.4) is 0 Å². The first-order valence-corrected chi connectivity index (χ1v) is 9.09. The molecule has 0 unspecified atom stereocenters. The molecule has 1 aromatic heterocycles. The molecule has 0 amide bonds. The molecule has 0 aliphatic rings. The van der Waals surface area contributed by atoms with Crippen LogP contribution in [0.1, 0.15) is 47.8 Å². The first kappa shape index (κ1) is 19.7. The minimum absolute atomic E-state index is 0.229. The van der Waals surface area contributed by atoms with Crippen molar-refractivity contribution in [3.63, 3.8) is 0 Å². The monoisotopic (exact) mass is 385 g/mol. The lowest BCUT2D eigenvalue weighted by molar-refractivity contribution is -0.0177. The normalized spacial score (nSPS) is 11.6. The van der Waals surface area contributed by atoms with Crippen molar-refractivity contribution in [2.45, 2.75) is 39.2 Å². The fourth-order valence-corrected chi connectivity index (χ4v) is 2.98. The maximum atomic E-state index is 13.9. The van der Waals surface area contributed by atoms with Crippen LogP contribution in [0.2, 0.25) is 0 Å². The Balaban J connectivity index is 1.87. The highest BCUT2D eigenvalue weighted by Crippen LogP contribution is 2.29. The number of aromatic carboxylic acids is 1. The average Bonchev–Trinajstić information content (AvgIpc) is 3.12. The summed E-state index contributed by atoms with van der Waals surface area (Å²) in [5.41, 5.74) is 2.51. The Morgan fingerprint density at radius 3 is 2.39 bits per heavy atom. The summed E-state index contributed by atoms with van der Waals surface area (Å²) < 4.78 is 29.3. The van der Waals surface area contributed by atoms with Crippen molar-refractivity contribution in [2.75, 3.05) is 0 Å². The predicted octanol–water partition coefficient (Wildman–Crippen LogP) is 4.76. The van der Waals surface area contributed by atoms with Gasteiger partial charge in [0.1, 0.15) is 5.82 Å². The highest BCUT2D eigenvalue weighted by Gasteiger charge is 2.34. The number of carbonyl (C=O) groups is 1. The Bertz CT molecular complexity index is 982. The third kappa shape index (κ3) is 3.93. The SMILES string of the molecule is CCn1nc(C(F)(F)CC)nc1Cc1ccc(-c2ccccc2C(=O)O)cc1. The Labute approximate surface area is 161 Å². The maximum absolute atomic E-state index is 13.9. The molecule has 1 N–H and O–H groups in total. The van der Waals surface area contributed by atoms with Gasteiger partial charge in [-0.05, 0) is 29.7 Å². The summed E-state index contributed by atoms with van der Waals surface area (Å²) in [6.07, 6.45) is 0.0132. The number of benzene rings is 2. The number of alkyl halides is 2. The maximum Gasteiger partial charge on any atom is 0.336 e. The quantitative estimate of drug-likeness (QED) is 0.637. The molecule has 28 heavy (non-hydrogen) atoms. The topological polar surface area (TPSA) is 68.0 Å². The Kier molecular flexibility index (Phi) is 5.53. The lowest BCUT2D eigenvalue weighted by Crippen LogP contribution is -2.14. The van der Waals surface area contributed by atoms with Crippen LogP contribution in [-0.4, -0.2) is 25.8 Å². The van der Waals surface area contributed by atoms with Crippen molar-refractivity contribution in [1.82, 2.24) is 14.8 Å². The molecule has 1 heterocycles. The molecule has 3 rings (SSSR count). The van der Waals surface area contributed by atoms with Crippen LogP contribution in [0.5, 0.6) is 0 Å². The van der Waals surface area contributed by atoms with E-state index in [9.17, 15) is 18.7 Å². The third-order valence-corrected chi connectivity index (χ3v) is 4.60. The molecule has 7 heteroatoms. The van der Waals surface area contributed by atoms with Gasteiger partial charge in [-0.2, -0.15) is 8.78 Å². The van der Waals surface area contributed by atoms with E-state index in [1.54, 1.807) is 24.3 Å². The zero-order valence-corrected chi connectivity index (χ0v) is 15.7. The zero-order chi connectivity index (χ0) is 20.3. The largest absolute Gasteiger partial charge is 0.478 e. The molecule has 0 spiro atoms. The van der Waals surface area contributed by atoms with E-state index in [1.807, 2.05) is 31.2 Å². The molecule has 0 aliphatic heterocycles. The van der Waals surface area contributed by atoms with Crippen LogP contribution in [-0.2, 0) is 18.9 Å². The van der Waals surface area contributed by atoms with Gasteiger partial charge in [0.15, 0.2) is 0 Å². The summed E-state index contributed by atoms with van der Waals surface area (Å²) in [6, 6.07) is 14.1. The number of hydrogen-bond donors (Lipinski definition) is 1. The van der Waals surface area contributed by atoms with Gasteiger partial charge < -0.3 is 5.11 Å². The molecule has 0 atom stereocenters. The molecule has 0 radical (unpaired) electrons. The lowest BCUT2D eigenvalue weighted by atomic mass is 9.98. The van der Waals surface area contributed by atoms with Crippen molar-refractivity contribution in [2.24, 2.45) is 0 Å². The predicted molar refractivity (Wildman–Crippen MR) is 102 cm³/mol. The Morgan fingerprint density at radius 1 is 1.11 bits per heavy atom. The van der Waals surface area contributed by atoms with Crippen molar-refractivity contribution >= 4 is 5.97 Å². The number of rotatable bonds is 7. The van der Waals surface area contributed by atoms with Crippen LogP contribution in [0.4, 0.5) is 8.78 Å². The number of hydrogen-bond acceptors (Lipinski definition) is 3. The molecule has 0 fully saturated rings. The molecule has 0 aliphatic carbocycles. The van der Waals surface area contributed by atoms with Crippen molar-refractivity contribution < 1.29 is 18.7 Å². The summed E-state index contributed by atoms with van der Waals surface area (Å²) in [5.74, 6) is -4.00. The first-order chi connectivity index (χ1) is 13.4. The number of carboxylic acid groups (broad SMARTS) is 1. The van der Waals surface area contributed by atoms with Crippen LogP contribution in [0.15, 0.2) is 48.5 Å². The number of halogens is 2. The molecular formula is C21H21F2N3O2. The van der Waals surface area contributed by atoms with E-state index in [-0.39, 0.29) is 12.0 Å². The van der Waals surface area contributed by atoms with Crippen LogP contribution >= 0.6 is 0 Å². The third-order valence-electron chi connectivity index (χ3n) is 4.60. The second-order valence-electron chi connectivity index (χ2n) is 6.45. The lowest BCUT2D eigenvalue weighted by Gasteiger charge is -2.08. The zero-order valence-electron chi connectivity index (χ0n) is 15.7. The summed E-state index contributed by atoms with van der Waals surface area (Å²) >= 11 is 0. The fourth-order valence-electron chi connectivity index (χ4n) is 2.98. The Morgan fingerprint density at radius 2 is 1.79 bits per heavy atom. The number of aryl methyl sites for hydroxylation is 1.